The fourth-order valence-corrected chi connectivity index (χ4v) is 3.67. The Morgan fingerprint density at radius 2 is 2.08 bits per heavy atom. The first-order chi connectivity index (χ1) is 12.5. The molecule has 0 spiro atoms. The van der Waals surface area contributed by atoms with Gasteiger partial charge in [-0.1, -0.05) is 39.7 Å². The van der Waals surface area contributed by atoms with Crippen molar-refractivity contribution in [2.75, 3.05) is 0 Å². The van der Waals surface area contributed by atoms with E-state index in [-0.39, 0.29) is 17.8 Å². The average molecular weight is 417 g/mol. The molecule has 26 heavy (non-hydrogen) atoms. The van der Waals surface area contributed by atoms with E-state index in [1.807, 2.05) is 37.3 Å². The smallest absolute Gasteiger partial charge is 0.224 e. The van der Waals surface area contributed by atoms with Gasteiger partial charge in [0.15, 0.2) is 0 Å². The van der Waals surface area contributed by atoms with Crippen molar-refractivity contribution in [3.05, 3.63) is 75.4 Å². The van der Waals surface area contributed by atoms with Crippen LogP contribution in [-0.2, 0) is 11.2 Å². The van der Waals surface area contributed by atoms with E-state index in [1.165, 1.54) is 6.20 Å². The fraction of sp³-hybridized carbons (Fsp3) is 0.333. The first-order valence-electron chi connectivity index (χ1n) is 8.86. The maximum atomic E-state index is 13.9. The van der Waals surface area contributed by atoms with Crippen molar-refractivity contribution in [2.24, 2.45) is 0 Å². The van der Waals surface area contributed by atoms with Crippen LogP contribution >= 0.6 is 15.9 Å². The number of nitrogens with zero attached hydrogens (tertiary/aromatic N) is 1. The highest BCUT2D eigenvalue weighted by molar-refractivity contribution is 9.10. The van der Waals surface area contributed by atoms with Crippen molar-refractivity contribution in [3.8, 4) is 0 Å². The summed E-state index contributed by atoms with van der Waals surface area (Å²) < 4.78 is 14.9. The van der Waals surface area contributed by atoms with Crippen LogP contribution < -0.4 is 5.32 Å². The van der Waals surface area contributed by atoms with Crippen LogP contribution in [0.25, 0.3) is 0 Å². The molecule has 1 unspecified atom stereocenters. The number of benzene rings is 1. The lowest BCUT2D eigenvalue weighted by molar-refractivity contribution is -0.120. The van der Waals surface area contributed by atoms with E-state index >= 15 is 0 Å². The molecule has 1 aromatic carbocycles. The Morgan fingerprint density at radius 3 is 2.77 bits per heavy atom. The molecule has 1 atom stereocenters. The largest absolute Gasteiger partial charge is 0.330 e. The zero-order chi connectivity index (χ0) is 18.5. The molecule has 1 amide bonds. The van der Waals surface area contributed by atoms with Gasteiger partial charge >= 0.3 is 0 Å². The monoisotopic (exact) mass is 416 g/mol. The Balaban J connectivity index is 1.56. The lowest BCUT2D eigenvalue weighted by atomic mass is 9.83. The SMILES string of the molecule is CC1=C(NC(=O)CCc2ccc(Br)cc2)CCC(c2cccnc2F)C1. The molecule has 1 aliphatic carbocycles. The standard InChI is InChI=1S/C21H22BrFN2O/c1-14-13-16(18-3-2-12-24-21(18)23)7-10-19(14)25-20(26)11-6-15-4-8-17(22)9-5-15/h2-5,8-9,12,16H,6-7,10-11,13H2,1H3,(H,25,26). The zero-order valence-electron chi connectivity index (χ0n) is 14.8. The normalized spacial score (nSPS) is 17.3. The molecule has 1 N–H and O–H groups in total. The van der Waals surface area contributed by atoms with E-state index in [2.05, 4.69) is 26.2 Å². The molecule has 1 aromatic heterocycles. The van der Waals surface area contributed by atoms with Gasteiger partial charge in [-0.05, 0) is 62.3 Å². The second-order valence-corrected chi connectivity index (χ2v) is 7.67. The number of rotatable bonds is 5. The molecule has 2 aromatic rings. The van der Waals surface area contributed by atoms with Crippen LogP contribution in [0.4, 0.5) is 4.39 Å². The number of carbonyl (C=O) groups is 1. The summed E-state index contributed by atoms with van der Waals surface area (Å²) >= 11 is 3.41. The summed E-state index contributed by atoms with van der Waals surface area (Å²) in [5, 5.41) is 3.06. The number of aryl methyl sites for hydroxylation is 1. The minimum atomic E-state index is -0.382. The maximum Gasteiger partial charge on any atom is 0.224 e. The maximum absolute atomic E-state index is 13.9. The molecule has 3 nitrogen and oxygen atoms in total. The van der Waals surface area contributed by atoms with Gasteiger partial charge in [0.2, 0.25) is 11.9 Å². The van der Waals surface area contributed by atoms with Crippen LogP contribution in [0.3, 0.4) is 0 Å². The molecular formula is C21H22BrFN2O. The molecule has 0 saturated heterocycles. The van der Waals surface area contributed by atoms with Crippen LogP contribution in [-0.4, -0.2) is 10.9 Å². The van der Waals surface area contributed by atoms with E-state index in [0.29, 0.717) is 12.0 Å². The van der Waals surface area contributed by atoms with E-state index in [1.54, 1.807) is 6.07 Å². The van der Waals surface area contributed by atoms with Gasteiger partial charge in [-0.25, -0.2) is 4.98 Å². The van der Waals surface area contributed by atoms with E-state index in [0.717, 1.165) is 47.0 Å². The highest BCUT2D eigenvalue weighted by Gasteiger charge is 2.23. The average Bonchev–Trinajstić information content (AvgIpc) is 2.63. The highest BCUT2D eigenvalue weighted by atomic mass is 79.9. The molecule has 0 fully saturated rings. The molecular weight excluding hydrogens is 395 g/mol. The van der Waals surface area contributed by atoms with Crippen molar-refractivity contribution in [3.63, 3.8) is 0 Å². The number of halogens is 2. The number of pyridine rings is 1. The topological polar surface area (TPSA) is 42.0 Å². The van der Waals surface area contributed by atoms with Crippen molar-refractivity contribution in [1.29, 1.82) is 0 Å². The minimum absolute atomic E-state index is 0.0354. The predicted molar refractivity (Wildman–Crippen MR) is 104 cm³/mol. The first kappa shape index (κ1) is 18.8. The summed E-state index contributed by atoms with van der Waals surface area (Å²) in [5.74, 6) is -0.215. The molecule has 5 heteroatoms. The predicted octanol–water partition coefficient (Wildman–Crippen LogP) is 5.27. The van der Waals surface area contributed by atoms with Crippen LogP contribution in [0.1, 0.15) is 49.7 Å². The van der Waals surface area contributed by atoms with Crippen molar-refractivity contribution in [2.45, 2.75) is 44.9 Å². The van der Waals surface area contributed by atoms with Gasteiger partial charge in [0.1, 0.15) is 0 Å². The van der Waals surface area contributed by atoms with Crippen molar-refractivity contribution in [1.82, 2.24) is 10.3 Å². The molecule has 0 aliphatic heterocycles. The van der Waals surface area contributed by atoms with Gasteiger partial charge in [-0.15, -0.1) is 0 Å². The van der Waals surface area contributed by atoms with Gasteiger partial charge in [0.05, 0.1) is 0 Å². The number of amides is 1. The fourth-order valence-electron chi connectivity index (χ4n) is 3.40. The second-order valence-electron chi connectivity index (χ2n) is 6.76. The molecule has 136 valence electrons. The third-order valence-corrected chi connectivity index (χ3v) is 5.41. The molecule has 3 rings (SSSR count). The van der Waals surface area contributed by atoms with E-state index in [4.69, 9.17) is 0 Å². The quantitative estimate of drug-likeness (QED) is 0.674. The number of carbonyl (C=O) groups excluding carboxylic acids is 1. The first-order valence-corrected chi connectivity index (χ1v) is 9.65. The Bertz CT molecular complexity index is 817. The number of hydrogen-bond acceptors (Lipinski definition) is 2. The lowest BCUT2D eigenvalue weighted by Gasteiger charge is -2.26. The van der Waals surface area contributed by atoms with Gasteiger partial charge in [0, 0.05) is 28.4 Å². The molecule has 0 radical (unpaired) electrons. The van der Waals surface area contributed by atoms with Crippen LogP contribution in [0.15, 0.2) is 58.3 Å². The van der Waals surface area contributed by atoms with Crippen molar-refractivity contribution < 1.29 is 9.18 Å². The molecule has 1 aliphatic rings. The Labute approximate surface area is 161 Å². The third-order valence-electron chi connectivity index (χ3n) is 4.88. The van der Waals surface area contributed by atoms with Gasteiger partial charge < -0.3 is 5.32 Å². The van der Waals surface area contributed by atoms with E-state index in [9.17, 15) is 9.18 Å². The Kier molecular flexibility index (Phi) is 6.20. The highest BCUT2D eigenvalue weighted by Crippen LogP contribution is 2.35. The minimum Gasteiger partial charge on any atom is -0.330 e. The van der Waals surface area contributed by atoms with Crippen LogP contribution in [0, 0.1) is 5.95 Å². The summed E-state index contributed by atoms with van der Waals surface area (Å²) in [6, 6.07) is 11.6. The Morgan fingerprint density at radius 1 is 1.31 bits per heavy atom. The summed E-state index contributed by atoms with van der Waals surface area (Å²) in [6.45, 7) is 2.02. The molecule has 0 bridgehead atoms. The summed E-state index contributed by atoms with van der Waals surface area (Å²) in [5.41, 5.74) is 3.94. The number of hydrogen-bond donors (Lipinski definition) is 1. The third kappa shape index (κ3) is 4.79. The summed E-state index contributed by atoms with van der Waals surface area (Å²) in [6.07, 6.45) is 4.98. The lowest BCUT2D eigenvalue weighted by Crippen LogP contribution is -2.26. The zero-order valence-corrected chi connectivity index (χ0v) is 16.4. The van der Waals surface area contributed by atoms with Crippen molar-refractivity contribution >= 4 is 21.8 Å². The number of allylic oxidation sites excluding steroid dienone is 2. The number of aromatic nitrogens is 1. The summed E-state index contributed by atoms with van der Waals surface area (Å²) in [7, 11) is 0. The van der Waals surface area contributed by atoms with Gasteiger partial charge in [0.25, 0.3) is 0 Å². The van der Waals surface area contributed by atoms with Gasteiger partial charge in [-0.3, -0.25) is 4.79 Å². The molecule has 1 heterocycles. The molecule has 0 saturated carbocycles. The second kappa shape index (κ2) is 8.58. The van der Waals surface area contributed by atoms with Gasteiger partial charge in [-0.2, -0.15) is 4.39 Å². The number of nitrogens with one attached hydrogen (secondary N) is 1. The van der Waals surface area contributed by atoms with E-state index < -0.39 is 0 Å². The van der Waals surface area contributed by atoms with Crippen LogP contribution in [0.2, 0.25) is 0 Å². The summed E-state index contributed by atoms with van der Waals surface area (Å²) in [4.78, 5) is 16.0. The van der Waals surface area contributed by atoms with Crippen LogP contribution in [0.5, 0.6) is 0 Å². The Hall–Kier alpha value is -2.01.